The number of rotatable bonds is 6. The molecule has 0 saturated heterocycles. The Morgan fingerprint density at radius 1 is 1.43 bits per heavy atom. The lowest BCUT2D eigenvalue weighted by Gasteiger charge is -2.13. The van der Waals surface area contributed by atoms with Crippen LogP contribution in [-0.2, 0) is 18.4 Å². The minimum absolute atomic E-state index is 0. The van der Waals surface area contributed by atoms with E-state index in [9.17, 15) is 4.79 Å². The van der Waals surface area contributed by atoms with E-state index in [4.69, 9.17) is 0 Å². The number of hydrogen-bond acceptors (Lipinski definition) is 5. The van der Waals surface area contributed by atoms with Crippen LogP contribution in [0.15, 0.2) is 12.4 Å². The van der Waals surface area contributed by atoms with Gasteiger partial charge in [-0.1, -0.05) is 13.8 Å². The van der Waals surface area contributed by atoms with Crippen LogP contribution in [0.2, 0.25) is 0 Å². The average Bonchev–Trinajstić information content (AvgIpc) is 3.04. The van der Waals surface area contributed by atoms with E-state index in [-0.39, 0.29) is 18.3 Å². The van der Waals surface area contributed by atoms with E-state index in [0.29, 0.717) is 12.5 Å². The monoisotopic (exact) mass is 357 g/mol. The number of carbonyl (C=O) groups excluding carboxylic acids is 1. The largest absolute Gasteiger partial charge is 0.348 e. The summed E-state index contributed by atoms with van der Waals surface area (Å²) >= 11 is 1.64. The lowest BCUT2D eigenvalue weighted by Crippen LogP contribution is -2.35. The van der Waals surface area contributed by atoms with E-state index in [0.717, 1.165) is 16.3 Å². The fourth-order valence-corrected chi connectivity index (χ4v) is 3.41. The van der Waals surface area contributed by atoms with Crippen molar-refractivity contribution in [2.24, 2.45) is 7.05 Å². The van der Waals surface area contributed by atoms with Crippen LogP contribution in [0.5, 0.6) is 0 Å². The van der Waals surface area contributed by atoms with Crippen LogP contribution in [0.25, 0.3) is 0 Å². The minimum atomic E-state index is -0.403. The van der Waals surface area contributed by atoms with Crippen molar-refractivity contribution in [3.8, 4) is 0 Å². The molecule has 0 bridgehead atoms. The number of halogens is 1. The maximum atomic E-state index is 12.3. The standard InChI is InChI=1S/C15H23N5OS.ClH/c1-9(2)13-10(3)22-12(19-13)7-17-15(21)14(16-4)11-6-18-20(5)8-11;/h6,8-9,14,16H,7H2,1-5H3,(H,17,21);1H. The maximum Gasteiger partial charge on any atom is 0.242 e. The summed E-state index contributed by atoms with van der Waals surface area (Å²) in [5, 5.41) is 11.0. The van der Waals surface area contributed by atoms with Gasteiger partial charge in [-0.15, -0.1) is 23.7 Å². The van der Waals surface area contributed by atoms with Crippen molar-refractivity contribution in [2.45, 2.75) is 39.3 Å². The molecule has 2 aromatic rings. The van der Waals surface area contributed by atoms with Gasteiger partial charge in [-0.3, -0.25) is 9.48 Å². The Morgan fingerprint density at radius 2 is 2.13 bits per heavy atom. The maximum absolute atomic E-state index is 12.3. The summed E-state index contributed by atoms with van der Waals surface area (Å²) < 4.78 is 1.69. The summed E-state index contributed by atoms with van der Waals surface area (Å²) in [7, 11) is 3.60. The number of amides is 1. The number of hydrogen-bond donors (Lipinski definition) is 2. The molecule has 23 heavy (non-hydrogen) atoms. The van der Waals surface area contributed by atoms with Crippen LogP contribution in [0.1, 0.15) is 46.9 Å². The Kier molecular flexibility index (Phi) is 7.18. The Balaban J connectivity index is 0.00000264. The van der Waals surface area contributed by atoms with Gasteiger partial charge in [0.25, 0.3) is 0 Å². The average molecular weight is 358 g/mol. The number of nitrogens with one attached hydrogen (secondary N) is 2. The first-order chi connectivity index (χ1) is 10.4. The van der Waals surface area contributed by atoms with Gasteiger partial charge in [0.2, 0.25) is 5.91 Å². The lowest BCUT2D eigenvalue weighted by atomic mass is 10.1. The van der Waals surface area contributed by atoms with Crippen LogP contribution in [0, 0.1) is 6.92 Å². The van der Waals surface area contributed by atoms with Crippen LogP contribution in [-0.4, -0.2) is 27.7 Å². The Morgan fingerprint density at radius 3 is 2.61 bits per heavy atom. The lowest BCUT2D eigenvalue weighted by molar-refractivity contribution is -0.123. The quantitative estimate of drug-likeness (QED) is 0.832. The fourth-order valence-electron chi connectivity index (χ4n) is 2.38. The zero-order valence-corrected chi connectivity index (χ0v) is 15.7. The molecule has 0 aliphatic carbocycles. The molecule has 8 heteroatoms. The fraction of sp³-hybridized carbons (Fsp3) is 0.533. The summed E-state index contributed by atoms with van der Waals surface area (Å²) in [6.07, 6.45) is 3.54. The second kappa shape index (κ2) is 8.42. The van der Waals surface area contributed by atoms with Crippen LogP contribution < -0.4 is 10.6 Å². The molecule has 1 amide bonds. The number of carbonyl (C=O) groups is 1. The van der Waals surface area contributed by atoms with Gasteiger partial charge in [0.05, 0.1) is 18.4 Å². The molecule has 2 heterocycles. The van der Waals surface area contributed by atoms with Gasteiger partial charge in [-0.05, 0) is 19.9 Å². The Labute approximate surface area is 147 Å². The van der Waals surface area contributed by atoms with Crippen molar-refractivity contribution in [1.29, 1.82) is 0 Å². The van der Waals surface area contributed by atoms with E-state index < -0.39 is 6.04 Å². The molecule has 1 atom stereocenters. The zero-order chi connectivity index (χ0) is 16.3. The molecule has 0 aliphatic heterocycles. The number of aromatic nitrogens is 3. The Bertz CT molecular complexity index is 652. The van der Waals surface area contributed by atoms with Crippen molar-refractivity contribution < 1.29 is 4.79 Å². The highest BCUT2D eigenvalue weighted by Crippen LogP contribution is 2.24. The summed E-state index contributed by atoms with van der Waals surface area (Å²) in [4.78, 5) is 18.2. The van der Waals surface area contributed by atoms with E-state index in [2.05, 4.69) is 41.5 Å². The highest BCUT2D eigenvalue weighted by molar-refractivity contribution is 7.11. The number of thiazole rings is 1. The summed E-state index contributed by atoms with van der Waals surface area (Å²) in [6, 6.07) is -0.403. The Hall–Kier alpha value is -1.44. The molecular weight excluding hydrogens is 334 g/mol. The molecule has 128 valence electrons. The van der Waals surface area contributed by atoms with Crippen molar-refractivity contribution in [1.82, 2.24) is 25.4 Å². The van der Waals surface area contributed by atoms with Gasteiger partial charge in [-0.2, -0.15) is 5.10 Å². The van der Waals surface area contributed by atoms with Crippen molar-refractivity contribution in [2.75, 3.05) is 7.05 Å². The molecule has 0 aromatic carbocycles. The van der Waals surface area contributed by atoms with E-state index in [1.54, 1.807) is 29.3 Å². The SMILES string of the molecule is CNC(C(=O)NCc1nc(C(C)C)c(C)s1)c1cnn(C)c1.Cl. The predicted molar refractivity (Wildman–Crippen MR) is 95.0 cm³/mol. The first-order valence-electron chi connectivity index (χ1n) is 7.32. The molecule has 1 unspecified atom stereocenters. The highest BCUT2D eigenvalue weighted by atomic mass is 35.5. The van der Waals surface area contributed by atoms with Crippen LogP contribution in [0.3, 0.4) is 0 Å². The van der Waals surface area contributed by atoms with Gasteiger partial charge < -0.3 is 10.6 Å². The zero-order valence-electron chi connectivity index (χ0n) is 14.1. The van der Waals surface area contributed by atoms with Crippen molar-refractivity contribution >= 4 is 29.7 Å². The number of likely N-dealkylation sites (N-methyl/N-ethyl adjacent to an activating group) is 1. The molecule has 0 fully saturated rings. The van der Waals surface area contributed by atoms with Crippen LogP contribution in [0.4, 0.5) is 0 Å². The van der Waals surface area contributed by atoms with Gasteiger partial charge in [0.15, 0.2) is 0 Å². The van der Waals surface area contributed by atoms with Gasteiger partial charge in [0.1, 0.15) is 11.0 Å². The molecular formula is C15H24ClN5OS. The number of nitrogens with zero attached hydrogens (tertiary/aromatic N) is 3. The summed E-state index contributed by atoms with van der Waals surface area (Å²) in [6.45, 7) is 6.79. The van der Waals surface area contributed by atoms with Gasteiger partial charge >= 0.3 is 0 Å². The summed E-state index contributed by atoms with van der Waals surface area (Å²) in [5.41, 5.74) is 1.97. The highest BCUT2D eigenvalue weighted by Gasteiger charge is 2.20. The van der Waals surface area contributed by atoms with Crippen molar-refractivity contribution in [3.05, 3.63) is 33.5 Å². The van der Waals surface area contributed by atoms with Crippen LogP contribution >= 0.6 is 23.7 Å². The molecule has 2 rings (SSSR count). The molecule has 0 aliphatic rings. The van der Waals surface area contributed by atoms with Gasteiger partial charge in [0, 0.05) is 23.7 Å². The molecule has 2 N–H and O–H groups in total. The third-order valence-corrected chi connectivity index (χ3v) is 4.43. The van der Waals surface area contributed by atoms with Crippen molar-refractivity contribution in [3.63, 3.8) is 0 Å². The second-order valence-corrected chi connectivity index (χ2v) is 6.88. The minimum Gasteiger partial charge on any atom is -0.348 e. The van der Waals surface area contributed by atoms with E-state index in [1.807, 2.05) is 13.2 Å². The predicted octanol–water partition coefficient (Wildman–Crippen LogP) is 2.31. The van der Waals surface area contributed by atoms with E-state index in [1.165, 1.54) is 4.88 Å². The summed E-state index contributed by atoms with van der Waals surface area (Å²) in [5.74, 6) is 0.329. The number of aryl methyl sites for hydroxylation is 2. The molecule has 0 radical (unpaired) electrons. The van der Waals surface area contributed by atoms with Gasteiger partial charge in [-0.25, -0.2) is 4.98 Å². The molecule has 6 nitrogen and oxygen atoms in total. The third kappa shape index (κ3) is 4.76. The smallest absolute Gasteiger partial charge is 0.242 e. The first kappa shape index (κ1) is 19.6. The third-order valence-electron chi connectivity index (χ3n) is 3.45. The normalized spacial score (nSPS) is 12.1. The molecule has 2 aromatic heterocycles. The molecule has 0 saturated carbocycles. The first-order valence-corrected chi connectivity index (χ1v) is 8.13. The molecule has 0 spiro atoms. The van der Waals surface area contributed by atoms with E-state index >= 15 is 0 Å². The topological polar surface area (TPSA) is 71.8 Å². The second-order valence-electron chi connectivity index (χ2n) is 5.59.